The van der Waals surface area contributed by atoms with Crippen LogP contribution >= 0.6 is 0 Å². The van der Waals surface area contributed by atoms with Crippen molar-refractivity contribution in [2.45, 2.75) is 31.3 Å². The highest BCUT2D eigenvalue weighted by Gasteiger charge is 2.20. The third kappa shape index (κ3) is 4.52. The van der Waals surface area contributed by atoms with Crippen LogP contribution in [0.3, 0.4) is 0 Å². The molecule has 1 rings (SSSR count). The van der Waals surface area contributed by atoms with Crippen molar-refractivity contribution in [3.63, 3.8) is 0 Å². The van der Waals surface area contributed by atoms with Crippen molar-refractivity contribution in [2.75, 3.05) is 20.1 Å². The first-order valence-electron chi connectivity index (χ1n) is 6.19. The van der Waals surface area contributed by atoms with Crippen LogP contribution in [0.25, 0.3) is 0 Å². The van der Waals surface area contributed by atoms with Gasteiger partial charge in [-0.2, -0.15) is 0 Å². The molecule has 5 nitrogen and oxygen atoms in total. The average Bonchev–Trinajstić information content (AvgIpc) is 2.37. The molecular formula is C12H20FN3O2S. The molecule has 1 unspecified atom stereocenters. The van der Waals surface area contributed by atoms with Crippen molar-refractivity contribution < 1.29 is 12.8 Å². The first-order chi connectivity index (χ1) is 8.88. The van der Waals surface area contributed by atoms with E-state index in [1.807, 2.05) is 11.9 Å². The Kier molecular flexibility index (Phi) is 5.84. The van der Waals surface area contributed by atoms with Crippen LogP contribution < -0.4 is 4.72 Å². The van der Waals surface area contributed by atoms with Crippen molar-refractivity contribution in [3.05, 3.63) is 24.1 Å². The lowest BCUT2D eigenvalue weighted by molar-refractivity contribution is 0.256. The zero-order valence-electron chi connectivity index (χ0n) is 11.4. The maximum absolute atomic E-state index is 13.4. The standard InChI is InChI=1S/C12H20FN3O2S/c1-4-10(2)16(3)9-8-15-19(17,18)12-11(13)6-5-7-14-12/h5-7,10,15H,4,8-9H2,1-3H3. The monoisotopic (exact) mass is 289 g/mol. The van der Waals surface area contributed by atoms with Crippen LogP contribution in [0.15, 0.2) is 23.4 Å². The summed E-state index contributed by atoms with van der Waals surface area (Å²) in [6, 6.07) is 2.80. The Bertz CT molecular complexity index is 507. The van der Waals surface area contributed by atoms with Crippen molar-refractivity contribution in [2.24, 2.45) is 0 Å². The van der Waals surface area contributed by atoms with Gasteiger partial charge in [-0.1, -0.05) is 6.92 Å². The molecular weight excluding hydrogens is 269 g/mol. The molecule has 1 aromatic heterocycles. The molecule has 0 aliphatic rings. The van der Waals surface area contributed by atoms with E-state index < -0.39 is 20.9 Å². The number of likely N-dealkylation sites (N-methyl/N-ethyl adjacent to an activating group) is 1. The lowest BCUT2D eigenvalue weighted by Crippen LogP contribution is -2.37. The number of hydrogen-bond acceptors (Lipinski definition) is 4. The predicted molar refractivity (Wildman–Crippen MR) is 71.8 cm³/mol. The van der Waals surface area contributed by atoms with E-state index >= 15 is 0 Å². The summed E-state index contributed by atoms with van der Waals surface area (Å²) in [5.41, 5.74) is 0. The maximum atomic E-state index is 13.4. The minimum atomic E-state index is -3.88. The Morgan fingerprint density at radius 3 is 2.79 bits per heavy atom. The molecule has 0 aromatic carbocycles. The van der Waals surface area contributed by atoms with E-state index in [0.29, 0.717) is 12.6 Å². The van der Waals surface area contributed by atoms with Crippen molar-refractivity contribution >= 4 is 10.0 Å². The van der Waals surface area contributed by atoms with Gasteiger partial charge in [0.15, 0.2) is 5.82 Å². The summed E-state index contributed by atoms with van der Waals surface area (Å²) in [5, 5.41) is -0.554. The smallest absolute Gasteiger partial charge is 0.261 e. The van der Waals surface area contributed by atoms with E-state index in [2.05, 4.69) is 23.6 Å². The molecule has 108 valence electrons. The van der Waals surface area contributed by atoms with Gasteiger partial charge in [0.1, 0.15) is 0 Å². The SMILES string of the molecule is CCC(C)N(C)CCNS(=O)(=O)c1ncccc1F. The van der Waals surface area contributed by atoms with Crippen LogP contribution in [0, 0.1) is 5.82 Å². The number of nitrogens with zero attached hydrogens (tertiary/aromatic N) is 2. The quantitative estimate of drug-likeness (QED) is 0.820. The van der Waals surface area contributed by atoms with Crippen molar-refractivity contribution in [1.29, 1.82) is 0 Å². The van der Waals surface area contributed by atoms with Crippen LogP contribution in [0.2, 0.25) is 0 Å². The van der Waals surface area contributed by atoms with Gasteiger partial charge < -0.3 is 4.90 Å². The lowest BCUT2D eigenvalue weighted by Gasteiger charge is -2.23. The Balaban J connectivity index is 2.60. The predicted octanol–water partition coefficient (Wildman–Crippen LogP) is 1.23. The zero-order valence-corrected chi connectivity index (χ0v) is 12.2. The molecule has 0 saturated carbocycles. The lowest BCUT2D eigenvalue weighted by atomic mass is 10.2. The summed E-state index contributed by atoms with van der Waals surface area (Å²) in [6.45, 7) is 4.91. The fourth-order valence-electron chi connectivity index (χ4n) is 1.53. The van der Waals surface area contributed by atoms with Gasteiger partial charge in [-0.15, -0.1) is 0 Å². The highest BCUT2D eigenvalue weighted by atomic mass is 32.2. The van der Waals surface area contributed by atoms with Crippen LogP contribution in [-0.2, 0) is 10.0 Å². The molecule has 1 atom stereocenters. The van der Waals surface area contributed by atoms with Gasteiger partial charge >= 0.3 is 0 Å². The number of nitrogens with one attached hydrogen (secondary N) is 1. The Morgan fingerprint density at radius 2 is 2.21 bits per heavy atom. The Labute approximate surface area is 113 Å². The zero-order chi connectivity index (χ0) is 14.5. The molecule has 0 bridgehead atoms. The van der Waals surface area contributed by atoms with E-state index in [1.54, 1.807) is 0 Å². The largest absolute Gasteiger partial charge is 0.302 e. The Hall–Kier alpha value is -1.05. The van der Waals surface area contributed by atoms with Gasteiger partial charge in [-0.05, 0) is 32.5 Å². The molecule has 0 amide bonds. The minimum Gasteiger partial charge on any atom is -0.302 e. The molecule has 0 radical (unpaired) electrons. The van der Waals surface area contributed by atoms with Gasteiger partial charge in [0, 0.05) is 25.3 Å². The number of pyridine rings is 1. The highest BCUT2D eigenvalue weighted by Crippen LogP contribution is 2.09. The molecule has 19 heavy (non-hydrogen) atoms. The van der Waals surface area contributed by atoms with Crippen LogP contribution in [0.1, 0.15) is 20.3 Å². The fourth-order valence-corrected chi connectivity index (χ4v) is 2.55. The number of aromatic nitrogens is 1. The third-order valence-corrected chi connectivity index (χ3v) is 4.47. The summed E-state index contributed by atoms with van der Waals surface area (Å²) in [4.78, 5) is 5.60. The van der Waals surface area contributed by atoms with Gasteiger partial charge in [-0.3, -0.25) is 0 Å². The number of halogens is 1. The number of sulfonamides is 1. The summed E-state index contributed by atoms with van der Waals surface area (Å²) in [6.07, 6.45) is 2.24. The second-order valence-corrected chi connectivity index (χ2v) is 6.11. The molecule has 0 fully saturated rings. The minimum absolute atomic E-state index is 0.221. The van der Waals surface area contributed by atoms with E-state index in [4.69, 9.17) is 0 Å². The van der Waals surface area contributed by atoms with E-state index in [0.717, 1.165) is 12.5 Å². The second kappa shape index (κ2) is 6.93. The van der Waals surface area contributed by atoms with E-state index in [9.17, 15) is 12.8 Å². The summed E-state index contributed by atoms with van der Waals surface area (Å²) >= 11 is 0. The second-order valence-electron chi connectivity index (χ2n) is 4.43. The van der Waals surface area contributed by atoms with Crippen LogP contribution in [0.5, 0.6) is 0 Å². The fraction of sp³-hybridized carbons (Fsp3) is 0.583. The molecule has 0 saturated heterocycles. The first kappa shape index (κ1) is 16.0. The van der Waals surface area contributed by atoms with Crippen LogP contribution in [0.4, 0.5) is 4.39 Å². The molecule has 0 aliphatic heterocycles. The number of hydrogen-bond donors (Lipinski definition) is 1. The average molecular weight is 289 g/mol. The van der Waals surface area contributed by atoms with Gasteiger partial charge in [0.05, 0.1) is 0 Å². The summed E-state index contributed by atoms with van der Waals surface area (Å²) in [5.74, 6) is -0.842. The molecule has 7 heteroatoms. The highest BCUT2D eigenvalue weighted by molar-refractivity contribution is 7.89. The van der Waals surface area contributed by atoms with Gasteiger partial charge in [0.25, 0.3) is 10.0 Å². The molecule has 1 aromatic rings. The molecule has 1 heterocycles. The topological polar surface area (TPSA) is 62.3 Å². The van der Waals surface area contributed by atoms with Crippen molar-refractivity contribution in [1.82, 2.24) is 14.6 Å². The third-order valence-electron chi connectivity index (χ3n) is 3.08. The summed E-state index contributed by atoms with van der Waals surface area (Å²) < 4.78 is 39.4. The number of rotatable bonds is 7. The Morgan fingerprint density at radius 1 is 1.53 bits per heavy atom. The van der Waals surface area contributed by atoms with Gasteiger partial charge in [0.2, 0.25) is 5.03 Å². The molecule has 1 N–H and O–H groups in total. The van der Waals surface area contributed by atoms with Crippen LogP contribution in [-0.4, -0.2) is 44.5 Å². The summed E-state index contributed by atoms with van der Waals surface area (Å²) in [7, 11) is -1.96. The normalized spacial score (nSPS) is 13.7. The van der Waals surface area contributed by atoms with Crippen molar-refractivity contribution in [3.8, 4) is 0 Å². The molecule has 0 aliphatic carbocycles. The maximum Gasteiger partial charge on any atom is 0.261 e. The first-order valence-corrected chi connectivity index (χ1v) is 7.67. The van der Waals surface area contributed by atoms with E-state index in [1.165, 1.54) is 12.3 Å². The molecule has 0 spiro atoms. The van der Waals surface area contributed by atoms with Gasteiger partial charge in [-0.25, -0.2) is 22.5 Å². The van der Waals surface area contributed by atoms with E-state index in [-0.39, 0.29) is 6.54 Å².